The van der Waals surface area contributed by atoms with E-state index in [-0.39, 0.29) is 35.4 Å². The molecule has 0 amide bonds. The van der Waals surface area contributed by atoms with Crippen molar-refractivity contribution in [1.82, 2.24) is 15.6 Å². The zero-order valence-corrected chi connectivity index (χ0v) is 18.9. The Bertz CT molecular complexity index is 701. The molecule has 0 aliphatic carbocycles. The van der Waals surface area contributed by atoms with Crippen LogP contribution in [0.3, 0.4) is 0 Å². The van der Waals surface area contributed by atoms with Crippen LogP contribution < -0.4 is 10.6 Å². The fraction of sp³-hybridized carbons (Fsp3) is 0.500. The van der Waals surface area contributed by atoms with Crippen LogP contribution in [0, 0.1) is 0 Å². The predicted octanol–water partition coefficient (Wildman–Crippen LogP) is 4.58. The summed E-state index contributed by atoms with van der Waals surface area (Å²) in [7, 11) is 1.76. The average molecular weight is 470 g/mol. The molecule has 0 fully saturated rings. The lowest BCUT2D eigenvalue weighted by Gasteiger charge is -2.18. The highest BCUT2D eigenvalue weighted by molar-refractivity contribution is 14.0. The first-order chi connectivity index (χ1) is 11.8. The maximum atomic E-state index is 5.80. The van der Waals surface area contributed by atoms with Gasteiger partial charge < -0.3 is 15.1 Å². The lowest BCUT2D eigenvalue weighted by Crippen LogP contribution is -2.38. The standard InChI is InChI=1S/C20H30N4O.HI/c1-7-15-8-10-16(11-9-15)14(2)24-19(21-6)23-13-18-22-12-17(25-18)20(3,4)5;/h8-12,14H,7,13H2,1-6H3,(H2,21,23,24);1H. The van der Waals surface area contributed by atoms with E-state index in [4.69, 9.17) is 4.42 Å². The minimum atomic E-state index is -0.0374. The quantitative estimate of drug-likeness (QED) is 0.382. The van der Waals surface area contributed by atoms with Gasteiger partial charge in [0.1, 0.15) is 5.76 Å². The van der Waals surface area contributed by atoms with Crippen LogP contribution >= 0.6 is 24.0 Å². The number of aryl methyl sites for hydroxylation is 1. The topological polar surface area (TPSA) is 62.5 Å². The maximum absolute atomic E-state index is 5.80. The summed E-state index contributed by atoms with van der Waals surface area (Å²) in [6.07, 6.45) is 2.85. The van der Waals surface area contributed by atoms with Crippen molar-refractivity contribution in [3.8, 4) is 0 Å². The van der Waals surface area contributed by atoms with Crippen molar-refractivity contribution >= 4 is 29.9 Å². The minimum Gasteiger partial charge on any atom is -0.443 e. The Morgan fingerprint density at radius 1 is 1.23 bits per heavy atom. The summed E-state index contributed by atoms with van der Waals surface area (Å²) in [5.41, 5.74) is 2.54. The van der Waals surface area contributed by atoms with Crippen LogP contribution in [0.1, 0.15) is 63.4 Å². The lowest BCUT2D eigenvalue weighted by atomic mass is 9.94. The van der Waals surface area contributed by atoms with E-state index in [1.54, 1.807) is 13.2 Å². The van der Waals surface area contributed by atoms with Crippen molar-refractivity contribution in [2.24, 2.45) is 4.99 Å². The van der Waals surface area contributed by atoms with E-state index >= 15 is 0 Å². The molecule has 1 heterocycles. The summed E-state index contributed by atoms with van der Waals surface area (Å²) in [5.74, 6) is 2.27. The number of nitrogens with one attached hydrogen (secondary N) is 2. The normalized spacial score (nSPS) is 13.1. The maximum Gasteiger partial charge on any atom is 0.213 e. The molecule has 1 unspecified atom stereocenters. The fourth-order valence-corrected chi connectivity index (χ4v) is 2.42. The number of guanidine groups is 1. The largest absolute Gasteiger partial charge is 0.443 e. The van der Waals surface area contributed by atoms with Crippen molar-refractivity contribution in [1.29, 1.82) is 0 Å². The van der Waals surface area contributed by atoms with Gasteiger partial charge in [0.05, 0.1) is 18.8 Å². The van der Waals surface area contributed by atoms with E-state index in [9.17, 15) is 0 Å². The Balaban J connectivity index is 0.00000338. The summed E-state index contributed by atoms with van der Waals surface area (Å²) < 4.78 is 5.80. The number of aromatic nitrogens is 1. The van der Waals surface area contributed by atoms with E-state index in [1.807, 2.05) is 0 Å². The Kier molecular flexibility index (Phi) is 8.59. The van der Waals surface area contributed by atoms with Gasteiger partial charge in [-0.1, -0.05) is 52.0 Å². The van der Waals surface area contributed by atoms with Crippen LogP contribution in [0.5, 0.6) is 0 Å². The minimum absolute atomic E-state index is 0. The molecule has 1 aromatic carbocycles. The first kappa shape index (κ1) is 22.5. The third kappa shape index (κ3) is 6.30. The third-order valence-corrected chi connectivity index (χ3v) is 4.16. The van der Waals surface area contributed by atoms with Gasteiger partial charge in [0, 0.05) is 12.5 Å². The van der Waals surface area contributed by atoms with Gasteiger partial charge in [0.15, 0.2) is 5.96 Å². The number of rotatable bonds is 5. The van der Waals surface area contributed by atoms with Crippen LogP contribution in [0.2, 0.25) is 0 Å². The molecule has 0 saturated carbocycles. The van der Waals surface area contributed by atoms with Crippen molar-refractivity contribution in [2.45, 2.75) is 59.0 Å². The number of benzene rings is 1. The second-order valence-electron chi connectivity index (χ2n) is 7.26. The molecule has 0 radical (unpaired) electrons. The van der Waals surface area contributed by atoms with Gasteiger partial charge in [-0.2, -0.15) is 0 Å². The monoisotopic (exact) mass is 470 g/mol. The summed E-state index contributed by atoms with van der Waals surface area (Å²) >= 11 is 0. The smallest absolute Gasteiger partial charge is 0.213 e. The van der Waals surface area contributed by atoms with Crippen LogP contribution in [0.4, 0.5) is 0 Å². The molecule has 0 aliphatic heterocycles. The second kappa shape index (κ2) is 9.94. The lowest BCUT2D eigenvalue weighted by molar-refractivity contribution is 0.379. The van der Waals surface area contributed by atoms with E-state index in [0.29, 0.717) is 12.4 Å². The van der Waals surface area contributed by atoms with E-state index < -0.39 is 0 Å². The zero-order valence-electron chi connectivity index (χ0n) is 16.6. The summed E-state index contributed by atoms with van der Waals surface area (Å²) in [6, 6.07) is 8.82. The first-order valence-electron chi connectivity index (χ1n) is 8.84. The van der Waals surface area contributed by atoms with Crippen LogP contribution in [-0.4, -0.2) is 18.0 Å². The summed E-state index contributed by atoms with van der Waals surface area (Å²) in [5, 5.41) is 6.65. The van der Waals surface area contributed by atoms with Crippen molar-refractivity contribution < 1.29 is 4.42 Å². The van der Waals surface area contributed by atoms with Crippen LogP contribution in [0.25, 0.3) is 0 Å². The third-order valence-electron chi connectivity index (χ3n) is 4.16. The van der Waals surface area contributed by atoms with Gasteiger partial charge in [-0.15, -0.1) is 24.0 Å². The number of oxazole rings is 1. The van der Waals surface area contributed by atoms with Gasteiger partial charge in [-0.3, -0.25) is 4.99 Å². The summed E-state index contributed by atoms with van der Waals surface area (Å²) in [4.78, 5) is 8.62. The Morgan fingerprint density at radius 2 is 1.88 bits per heavy atom. The molecule has 2 rings (SSSR count). The molecule has 0 saturated heterocycles. The van der Waals surface area contributed by atoms with Gasteiger partial charge in [0.25, 0.3) is 0 Å². The molecule has 5 nitrogen and oxygen atoms in total. The van der Waals surface area contributed by atoms with Crippen molar-refractivity contribution in [3.05, 3.63) is 53.2 Å². The van der Waals surface area contributed by atoms with Gasteiger partial charge in [-0.25, -0.2) is 4.98 Å². The molecule has 0 spiro atoms. The Morgan fingerprint density at radius 3 is 2.38 bits per heavy atom. The SMILES string of the molecule is CCc1ccc(C(C)NC(=NC)NCc2ncc(C(C)(C)C)o2)cc1.I. The molecular formula is C20H31IN4O. The van der Waals surface area contributed by atoms with Crippen molar-refractivity contribution in [2.75, 3.05) is 7.05 Å². The molecule has 26 heavy (non-hydrogen) atoms. The molecule has 2 N–H and O–H groups in total. The van der Waals surface area contributed by atoms with Crippen LogP contribution in [0.15, 0.2) is 39.9 Å². The molecule has 1 aromatic heterocycles. The first-order valence-corrected chi connectivity index (χ1v) is 8.84. The van der Waals surface area contributed by atoms with Gasteiger partial charge in [0.2, 0.25) is 5.89 Å². The molecule has 1 atom stereocenters. The predicted molar refractivity (Wildman–Crippen MR) is 118 cm³/mol. The Hall–Kier alpha value is -1.57. The van der Waals surface area contributed by atoms with E-state index in [0.717, 1.165) is 18.1 Å². The number of aliphatic imine (C=N–C) groups is 1. The molecule has 144 valence electrons. The molecular weight excluding hydrogens is 439 g/mol. The van der Waals surface area contributed by atoms with Gasteiger partial charge in [-0.05, 0) is 24.5 Å². The van der Waals surface area contributed by atoms with Gasteiger partial charge >= 0.3 is 0 Å². The number of nitrogens with zero attached hydrogens (tertiary/aromatic N) is 2. The second-order valence-corrected chi connectivity index (χ2v) is 7.26. The molecule has 2 aromatic rings. The highest BCUT2D eigenvalue weighted by Gasteiger charge is 2.19. The number of hydrogen-bond acceptors (Lipinski definition) is 3. The molecule has 6 heteroatoms. The summed E-state index contributed by atoms with van der Waals surface area (Å²) in [6.45, 7) is 11.1. The number of halogens is 1. The van der Waals surface area contributed by atoms with Crippen molar-refractivity contribution in [3.63, 3.8) is 0 Å². The highest BCUT2D eigenvalue weighted by Crippen LogP contribution is 2.22. The fourth-order valence-electron chi connectivity index (χ4n) is 2.42. The van der Waals surface area contributed by atoms with E-state index in [2.05, 4.69) is 79.5 Å². The Labute approximate surface area is 174 Å². The number of hydrogen-bond donors (Lipinski definition) is 2. The average Bonchev–Trinajstić information content (AvgIpc) is 3.08. The molecule has 0 aliphatic rings. The van der Waals surface area contributed by atoms with Crippen LogP contribution in [-0.2, 0) is 18.4 Å². The molecule has 0 bridgehead atoms. The van der Waals surface area contributed by atoms with E-state index in [1.165, 1.54) is 11.1 Å². The highest BCUT2D eigenvalue weighted by atomic mass is 127. The zero-order chi connectivity index (χ0) is 18.4.